The first kappa shape index (κ1) is 73.7. The highest BCUT2D eigenvalue weighted by molar-refractivity contribution is 7.13. The van der Waals surface area contributed by atoms with Gasteiger partial charge in [-0.15, -0.1) is 29.6 Å². The minimum absolute atomic E-state index is 0.0979. The summed E-state index contributed by atoms with van der Waals surface area (Å²) in [5, 5.41) is 19.4. The lowest BCUT2D eigenvalue weighted by Crippen LogP contribution is -2.49. The molecule has 0 bridgehead atoms. The predicted octanol–water partition coefficient (Wildman–Crippen LogP) is 8.72. The zero-order valence-electron chi connectivity index (χ0n) is 53.6. The van der Waals surface area contributed by atoms with Crippen LogP contribution in [0.2, 0.25) is 0 Å². The molecule has 21 nitrogen and oxygen atoms in total. The summed E-state index contributed by atoms with van der Waals surface area (Å²) in [5.74, 6) is 2.02. The number of allylic oxidation sites excluding steroid dienone is 2. The fourth-order valence-corrected chi connectivity index (χ4v) is 9.86. The van der Waals surface area contributed by atoms with Gasteiger partial charge in [-0.3, -0.25) is 19.2 Å². The lowest BCUT2D eigenvalue weighted by atomic mass is 9.98. The summed E-state index contributed by atoms with van der Waals surface area (Å²) in [6, 6.07) is 21.7. The van der Waals surface area contributed by atoms with E-state index in [0.717, 1.165) is 86.1 Å². The van der Waals surface area contributed by atoms with E-state index >= 15 is 0 Å². The van der Waals surface area contributed by atoms with Crippen LogP contribution in [0.3, 0.4) is 0 Å². The Labute approximate surface area is 532 Å². The first-order valence-electron chi connectivity index (χ1n) is 30.5. The second kappa shape index (κ2) is 43.0. The summed E-state index contributed by atoms with van der Waals surface area (Å²) in [6.45, 7) is 29.7. The summed E-state index contributed by atoms with van der Waals surface area (Å²) >= 11 is 1.33. The van der Waals surface area contributed by atoms with Gasteiger partial charge in [-0.25, -0.2) is 9.67 Å². The van der Waals surface area contributed by atoms with E-state index in [2.05, 4.69) is 81.5 Å². The van der Waals surface area contributed by atoms with Gasteiger partial charge in [-0.05, 0) is 125 Å². The van der Waals surface area contributed by atoms with Gasteiger partial charge in [0.15, 0.2) is 5.13 Å². The molecule has 3 aromatic carbocycles. The van der Waals surface area contributed by atoms with E-state index in [1.807, 2.05) is 118 Å². The number of ether oxygens (including phenoxy) is 6. The minimum Gasteiger partial charge on any atom is -0.497 e. The SMILES string of the molecule is C=C.C=C/C=C(\C=C)C(C)NC(=O)C(c1ccc(OC)cc1)N(C(=O)CCc1ccc(OCCCCN(C)CCOCCOCCc2cn(CCOCCOc3ccc(NC)cc3)nn2)cc1)C(C)CC.CN1CCN(C(=O)Cc2csc(NC=O)n2)CC1. The molecule has 6 rings (SSSR count). The molecule has 3 heterocycles. The molecule has 0 radical (unpaired) electrons. The number of nitrogens with zero attached hydrogens (tertiary/aromatic N) is 8. The smallest absolute Gasteiger partial charge is 0.247 e. The van der Waals surface area contributed by atoms with Crippen molar-refractivity contribution in [3.8, 4) is 17.2 Å². The molecule has 1 aliphatic rings. The van der Waals surface area contributed by atoms with Gasteiger partial charge in [0.05, 0.1) is 83.8 Å². The maximum absolute atomic E-state index is 14.1. The molecule has 0 spiro atoms. The number of thiazole rings is 1. The molecule has 486 valence electrons. The van der Waals surface area contributed by atoms with Gasteiger partial charge in [0.25, 0.3) is 0 Å². The number of benzene rings is 3. The third kappa shape index (κ3) is 27.7. The van der Waals surface area contributed by atoms with Crippen molar-refractivity contribution < 1.29 is 47.6 Å². The highest BCUT2D eigenvalue weighted by Crippen LogP contribution is 2.29. The molecular formula is C67H97N11O10S. The van der Waals surface area contributed by atoms with E-state index in [1.165, 1.54) is 11.3 Å². The number of anilines is 2. The molecule has 3 unspecified atom stereocenters. The number of methoxy groups -OCH3 is 1. The van der Waals surface area contributed by atoms with Crippen LogP contribution >= 0.6 is 11.3 Å². The maximum Gasteiger partial charge on any atom is 0.247 e. The van der Waals surface area contributed by atoms with Crippen molar-refractivity contribution in [1.82, 2.24) is 44.9 Å². The number of rotatable bonds is 40. The number of hydrogen-bond donors (Lipinski definition) is 3. The summed E-state index contributed by atoms with van der Waals surface area (Å²) in [7, 11) is 7.64. The van der Waals surface area contributed by atoms with Crippen LogP contribution in [0.5, 0.6) is 17.2 Å². The van der Waals surface area contributed by atoms with Crippen LogP contribution < -0.4 is 30.2 Å². The van der Waals surface area contributed by atoms with Crippen molar-refractivity contribution in [2.75, 3.05) is 131 Å². The standard InChI is InChI=1S/C54H77N7O8.C11H16N4O2S.C2H4/c1-9-14-45(11-3)43(5)56-54(63)53(46-18-24-49(64-8)25-19-46)61(42(4)10-2)52(62)28-17-44-15-22-50(23-16-44)68-33-13-12-30-59(7)31-35-66-38-37-65-34-29-48-41-60(58-57-48)32-36-67-39-40-69-51-26-20-47(55-6)21-27-51;1-14-2-4-15(5-3-14)10(17)6-9-7-18-11(13-9)12-8-16;1-2/h9,11,14-16,18-27,41-43,53,55H,1,3,10,12-13,17,28-40H2,2,4-8H3,(H,56,63);7-8H,2-6H2,1H3,(H,12,13,16);1-2H2/b45-14+;;. The Morgan fingerprint density at radius 1 is 0.787 bits per heavy atom. The molecule has 89 heavy (non-hydrogen) atoms. The number of aromatic nitrogens is 4. The first-order valence-corrected chi connectivity index (χ1v) is 31.4. The number of likely N-dealkylation sites (N-methyl/N-ethyl adjacent to an activating group) is 2. The Bertz CT molecular complexity index is 2840. The lowest BCUT2D eigenvalue weighted by Gasteiger charge is -2.36. The van der Waals surface area contributed by atoms with Crippen molar-refractivity contribution in [3.63, 3.8) is 0 Å². The summed E-state index contributed by atoms with van der Waals surface area (Å²) in [6.07, 6.45) is 12.1. The zero-order valence-corrected chi connectivity index (χ0v) is 54.4. The van der Waals surface area contributed by atoms with Gasteiger partial charge < -0.3 is 64.0 Å². The highest BCUT2D eigenvalue weighted by Gasteiger charge is 2.35. The first-order chi connectivity index (χ1) is 43.3. The monoisotopic (exact) mass is 1250 g/mol. The van der Waals surface area contributed by atoms with Crippen LogP contribution in [0.4, 0.5) is 10.8 Å². The van der Waals surface area contributed by atoms with E-state index < -0.39 is 6.04 Å². The van der Waals surface area contributed by atoms with Gasteiger partial charge in [-0.2, -0.15) is 0 Å². The average molecular weight is 1250 g/mol. The lowest BCUT2D eigenvalue weighted by molar-refractivity contribution is -0.143. The Morgan fingerprint density at radius 2 is 1.44 bits per heavy atom. The second-order valence-corrected chi connectivity index (χ2v) is 21.9. The van der Waals surface area contributed by atoms with E-state index in [9.17, 15) is 19.2 Å². The second-order valence-electron chi connectivity index (χ2n) is 21.0. The molecule has 2 aromatic heterocycles. The highest BCUT2D eigenvalue weighted by atomic mass is 32.1. The maximum atomic E-state index is 14.1. The Kier molecular flexibility index (Phi) is 35.6. The number of nitrogens with one attached hydrogen (secondary N) is 3. The Balaban J connectivity index is 0.000000714. The van der Waals surface area contributed by atoms with Crippen LogP contribution in [0.25, 0.3) is 0 Å². The zero-order chi connectivity index (χ0) is 64.6. The van der Waals surface area contributed by atoms with E-state index in [0.29, 0.717) is 114 Å². The van der Waals surface area contributed by atoms with Crippen LogP contribution in [-0.4, -0.2) is 196 Å². The van der Waals surface area contributed by atoms with Gasteiger partial charge >= 0.3 is 0 Å². The number of piperazine rings is 1. The van der Waals surface area contributed by atoms with Crippen LogP contribution in [0.1, 0.15) is 75.0 Å². The van der Waals surface area contributed by atoms with Gasteiger partial charge in [0, 0.05) is 75.9 Å². The van der Waals surface area contributed by atoms with Crippen molar-refractivity contribution in [2.24, 2.45) is 0 Å². The fourth-order valence-electron chi connectivity index (χ4n) is 9.19. The number of unbranched alkanes of at least 4 members (excludes halogenated alkanes) is 1. The molecule has 1 saturated heterocycles. The molecule has 22 heteroatoms. The van der Waals surface area contributed by atoms with Gasteiger partial charge in [-0.1, -0.05) is 67.8 Å². The number of carbonyl (C=O) groups is 4. The number of hydrogen-bond acceptors (Lipinski definition) is 17. The van der Waals surface area contributed by atoms with Crippen molar-refractivity contribution >= 4 is 46.3 Å². The number of amides is 4. The topological polar surface area (TPSA) is 216 Å². The van der Waals surface area contributed by atoms with Gasteiger partial charge in [0.2, 0.25) is 24.1 Å². The van der Waals surface area contributed by atoms with Crippen molar-refractivity contribution in [3.05, 3.63) is 157 Å². The molecule has 1 aliphatic heterocycles. The van der Waals surface area contributed by atoms with Crippen LogP contribution in [-0.2, 0) is 59.2 Å². The molecule has 0 aliphatic carbocycles. The Hall–Kier alpha value is -7.73. The molecular weight excluding hydrogens is 1150 g/mol. The Morgan fingerprint density at radius 3 is 2.09 bits per heavy atom. The predicted molar refractivity (Wildman–Crippen MR) is 354 cm³/mol. The summed E-state index contributed by atoms with van der Waals surface area (Å²) in [4.78, 5) is 62.7. The minimum atomic E-state index is -0.840. The molecule has 0 saturated carbocycles. The van der Waals surface area contributed by atoms with Crippen LogP contribution in [0, 0.1) is 0 Å². The quantitative estimate of drug-likeness (QED) is 0.0145. The molecule has 3 N–H and O–H groups in total. The molecule has 4 amide bonds. The number of aryl methyl sites for hydroxylation is 1. The fraction of sp³-hybridized carbons (Fsp3) is 0.478. The van der Waals surface area contributed by atoms with E-state index in [4.69, 9.17) is 28.4 Å². The van der Waals surface area contributed by atoms with E-state index in [-0.39, 0.29) is 36.2 Å². The molecule has 5 aromatic rings. The molecule has 1 fully saturated rings. The largest absolute Gasteiger partial charge is 0.497 e. The summed E-state index contributed by atoms with van der Waals surface area (Å²) in [5.41, 5.74) is 5.19. The van der Waals surface area contributed by atoms with E-state index in [1.54, 1.807) is 34.2 Å². The summed E-state index contributed by atoms with van der Waals surface area (Å²) < 4.78 is 36.2. The molecule has 3 atom stereocenters. The van der Waals surface area contributed by atoms with Crippen LogP contribution in [0.15, 0.2) is 134 Å². The average Bonchev–Trinajstić information content (AvgIpc) is 4.21. The van der Waals surface area contributed by atoms with Crippen molar-refractivity contribution in [1.29, 1.82) is 0 Å². The third-order valence-electron chi connectivity index (χ3n) is 14.6. The van der Waals surface area contributed by atoms with Gasteiger partial charge in [0.1, 0.15) is 29.9 Å². The van der Waals surface area contributed by atoms with Crippen molar-refractivity contribution in [2.45, 2.75) is 90.4 Å². The normalized spacial score (nSPS) is 13.3. The number of carbonyl (C=O) groups excluding carboxylic acids is 4. The third-order valence-corrected chi connectivity index (χ3v) is 15.4.